The highest BCUT2D eigenvalue weighted by Crippen LogP contribution is 2.31. The van der Waals surface area contributed by atoms with E-state index in [1.165, 1.54) is 0 Å². The van der Waals surface area contributed by atoms with Gasteiger partial charge < -0.3 is 10.1 Å². The summed E-state index contributed by atoms with van der Waals surface area (Å²) in [6.45, 7) is 8.02. The van der Waals surface area contributed by atoms with Crippen LogP contribution in [0.2, 0.25) is 0 Å². The maximum atomic E-state index is 12.4. The maximum absolute atomic E-state index is 12.4. The lowest BCUT2D eigenvalue weighted by molar-refractivity contribution is -0.164. The lowest BCUT2D eigenvalue weighted by atomic mass is 9.83. The second kappa shape index (κ2) is 6.40. The van der Waals surface area contributed by atoms with Crippen molar-refractivity contribution >= 4 is 5.97 Å². The molecule has 0 radical (unpaired) electrons. The molecular weight excluding hydrogens is 250 g/mol. The van der Waals surface area contributed by atoms with Crippen LogP contribution in [-0.2, 0) is 9.53 Å². The SMILES string of the molecule is CC(C(=O)OC(C)(C)C1CCNCC1)c1ccccc1. The zero-order valence-electron chi connectivity index (χ0n) is 12.7. The first-order chi connectivity index (χ1) is 9.50. The van der Waals surface area contributed by atoms with Crippen LogP contribution >= 0.6 is 0 Å². The van der Waals surface area contributed by atoms with Gasteiger partial charge >= 0.3 is 5.97 Å². The van der Waals surface area contributed by atoms with Crippen LogP contribution in [0.3, 0.4) is 0 Å². The zero-order valence-corrected chi connectivity index (χ0v) is 12.7. The van der Waals surface area contributed by atoms with Crippen molar-refractivity contribution in [3.63, 3.8) is 0 Å². The third-order valence-corrected chi connectivity index (χ3v) is 4.34. The van der Waals surface area contributed by atoms with E-state index in [0.717, 1.165) is 31.5 Å². The second-order valence-electron chi connectivity index (χ2n) is 6.18. The highest BCUT2D eigenvalue weighted by Gasteiger charge is 2.35. The second-order valence-corrected chi connectivity index (χ2v) is 6.18. The van der Waals surface area contributed by atoms with E-state index in [-0.39, 0.29) is 17.5 Å². The molecule has 0 spiro atoms. The summed E-state index contributed by atoms with van der Waals surface area (Å²) < 4.78 is 5.83. The van der Waals surface area contributed by atoms with Gasteiger partial charge in [-0.25, -0.2) is 0 Å². The number of rotatable bonds is 4. The van der Waals surface area contributed by atoms with Crippen molar-refractivity contribution in [2.75, 3.05) is 13.1 Å². The minimum Gasteiger partial charge on any atom is -0.459 e. The number of nitrogens with one attached hydrogen (secondary N) is 1. The summed E-state index contributed by atoms with van der Waals surface area (Å²) in [6.07, 6.45) is 2.14. The van der Waals surface area contributed by atoms with E-state index in [9.17, 15) is 4.79 Å². The molecule has 0 amide bonds. The fourth-order valence-corrected chi connectivity index (χ4v) is 2.83. The molecule has 1 saturated heterocycles. The van der Waals surface area contributed by atoms with E-state index in [1.807, 2.05) is 51.1 Å². The maximum Gasteiger partial charge on any atom is 0.313 e. The van der Waals surface area contributed by atoms with Crippen molar-refractivity contribution in [1.29, 1.82) is 0 Å². The van der Waals surface area contributed by atoms with Gasteiger partial charge in [0.15, 0.2) is 0 Å². The number of carbonyl (C=O) groups excluding carboxylic acids is 1. The van der Waals surface area contributed by atoms with E-state index in [1.54, 1.807) is 0 Å². The summed E-state index contributed by atoms with van der Waals surface area (Å²) in [5.41, 5.74) is 0.626. The van der Waals surface area contributed by atoms with Crippen LogP contribution in [0.15, 0.2) is 30.3 Å². The smallest absolute Gasteiger partial charge is 0.313 e. The number of hydrogen-bond donors (Lipinski definition) is 1. The van der Waals surface area contributed by atoms with Gasteiger partial charge in [-0.15, -0.1) is 0 Å². The van der Waals surface area contributed by atoms with Crippen LogP contribution in [0.25, 0.3) is 0 Å². The molecule has 1 aliphatic rings. The molecule has 1 aromatic carbocycles. The molecule has 1 N–H and O–H groups in total. The molecule has 0 aromatic heterocycles. The number of esters is 1. The standard InChI is InChI=1S/C17H25NO2/c1-13(14-7-5-4-6-8-14)16(19)20-17(2,3)15-9-11-18-12-10-15/h4-8,13,15,18H,9-12H2,1-3H3. The van der Waals surface area contributed by atoms with Crippen molar-refractivity contribution in [3.8, 4) is 0 Å². The summed E-state index contributed by atoms with van der Waals surface area (Å²) in [4.78, 5) is 12.4. The van der Waals surface area contributed by atoms with Gasteiger partial charge in [-0.05, 0) is 52.3 Å². The van der Waals surface area contributed by atoms with Gasteiger partial charge in [0.25, 0.3) is 0 Å². The summed E-state index contributed by atoms with van der Waals surface area (Å²) in [5.74, 6) is 0.104. The molecular formula is C17H25NO2. The number of hydrogen-bond acceptors (Lipinski definition) is 3. The summed E-state index contributed by atoms with van der Waals surface area (Å²) in [6, 6.07) is 9.82. The van der Waals surface area contributed by atoms with Gasteiger partial charge in [-0.2, -0.15) is 0 Å². The average Bonchev–Trinajstić information content (AvgIpc) is 2.48. The molecule has 20 heavy (non-hydrogen) atoms. The third-order valence-electron chi connectivity index (χ3n) is 4.34. The Balaban J connectivity index is 1.99. The molecule has 0 aliphatic carbocycles. The highest BCUT2D eigenvalue weighted by atomic mass is 16.6. The van der Waals surface area contributed by atoms with Crippen LogP contribution in [0.5, 0.6) is 0 Å². The lowest BCUT2D eigenvalue weighted by Crippen LogP contribution is -2.43. The van der Waals surface area contributed by atoms with Gasteiger partial charge in [0, 0.05) is 5.92 Å². The molecule has 1 fully saturated rings. The van der Waals surface area contributed by atoms with Crippen LogP contribution in [-0.4, -0.2) is 24.7 Å². The molecule has 0 bridgehead atoms. The van der Waals surface area contributed by atoms with Crippen LogP contribution in [0.4, 0.5) is 0 Å². The molecule has 110 valence electrons. The van der Waals surface area contributed by atoms with Crippen molar-refractivity contribution in [2.24, 2.45) is 5.92 Å². The fourth-order valence-electron chi connectivity index (χ4n) is 2.83. The Kier molecular flexibility index (Phi) is 4.81. The fraction of sp³-hybridized carbons (Fsp3) is 0.588. The Bertz CT molecular complexity index is 436. The van der Waals surface area contributed by atoms with Gasteiger partial charge in [-0.1, -0.05) is 30.3 Å². The molecule has 3 nitrogen and oxygen atoms in total. The quantitative estimate of drug-likeness (QED) is 0.858. The van der Waals surface area contributed by atoms with E-state index in [4.69, 9.17) is 4.74 Å². The Labute approximate surface area is 121 Å². The third kappa shape index (κ3) is 3.60. The van der Waals surface area contributed by atoms with E-state index >= 15 is 0 Å². The minimum atomic E-state index is -0.387. The summed E-state index contributed by atoms with van der Waals surface area (Å²) in [5, 5.41) is 3.35. The molecule has 1 heterocycles. The van der Waals surface area contributed by atoms with Crippen LogP contribution in [0.1, 0.15) is 45.1 Å². The molecule has 2 rings (SSSR count). The first-order valence-corrected chi connectivity index (χ1v) is 7.49. The molecule has 1 aromatic rings. The number of carbonyl (C=O) groups is 1. The summed E-state index contributed by atoms with van der Waals surface area (Å²) >= 11 is 0. The van der Waals surface area contributed by atoms with Crippen molar-refractivity contribution < 1.29 is 9.53 Å². The number of piperidine rings is 1. The first kappa shape index (κ1) is 15.0. The Morgan fingerprint density at radius 2 is 1.85 bits per heavy atom. The van der Waals surface area contributed by atoms with E-state index < -0.39 is 0 Å². The monoisotopic (exact) mass is 275 g/mol. The van der Waals surface area contributed by atoms with E-state index in [2.05, 4.69) is 5.32 Å². The predicted molar refractivity (Wildman–Crippen MR) is 80.6 cm³/mol. The molecule has 3 heteroatoms. The average molecular weight is 275 g/mol. The van der Waals surface area contributed by atoms with Crippen LogP contribution < -0.4 is 5.32 Å². The first-order valence-electron chi connectivity index (χ1n) is 7.49. The van der Waals surface area contributed by atoms with Crippen molar-refractivity contribution in [1.82, 2.24) is 5.32 Å². The van der Waals surface area contributed by atoms with Crippen molar-refractivity contribution in [3.05, 3.63) is 35.9 Å². The van der Waals surface area contributed by atoms with E-state index in [0.29, 0.717) is 5.92 Å². The molecule has 0 saturated carbocycles. The van der Waals surface area contributed by atoms with Gasteiger partial charge in [-0.3, -0.25) is 4.79 Å². The topological polar surface area (TPSA) is 38.3 Å². The van der Waals surface area contributed by atoms with Gasteiger partial charge in [0.05, 0.1) is 5.92 Å². The van der Waals surface area contributed by atoms with Gasteiger partial charge in [0.1, 0.15) is 5.60 Å². The minimum absolute atomic E-state index is 0.125. The lowest BCUT2D eigenvalue weighted by Gasteiger charge is -2.37. The molecule has 1 atom stereocenters. The Hall–Kier alpha value is -1.35. The summed E-state index contributed by atoms with van der Waals surface area (Å²) in [7, 11) is 0. The zero-order chi connectivity index (χ0) is 14.6. The Morgan fingerprint density at radius 3 is 2.45 bits per heavy atom. The van der Waals surface area contributed by atoms with Crippen LogP contribution in [0, 0.1) is 5.92 Å². The number of benzene rings is 1. The normalized spacial score (nSPS) is 18.6. The number of ether oxygens (including phenoxy) is 1. The highest BCUT2D eigenvalue weighted by molar-refractivity contribution is 5.78. The largest absolute Gasteiger partial charge is 0.459 e. The van der Waals surface area contributed by atoms with Gasteiger partial charge in [0.2, 0.25) is 0 Å². The van der Waals surface area contributed by atoms with Crippen molar-refractivity contribution in [2.45, 2.75) is 45.1 Å². The Morgan fingerprint density at radius 1 is 1.25 bits per heavy atom. The molecule has 1 unspecified atom stereocenters. The molecule has 1 aliphatic heterocycles. The predicted octanol–water partition coefficient (Wildman–Crippen LogP) is 3.11.